The third kappa shape index (κ3) is 4.28. The van der Waals surface area contributed by atoms with Gasteiger partial charge in [-0.1, -0.05) is 12.1 Å². The van der Waals surface area contributed by atoms with Gasteiger partial charge >= 0.3 is 0 Å². The Morgan fingerprint density at radius 1 is 1.43 bits per heavy atom. The standard InChI is InChI=1S/C16H21FN2O2/c1-11(9-12-3-5-14(17)6-4-12)18-16(21)13-7-8-19(2)15(20)10-13/h3-6,11,13H,7-10H2,1-2H3,(H,18,21)/t11-,13-/m0/s1. The monoisotopic (exact) mass is 292 g/mol. The maximum absolute atomic E-state index is 12.8. The second-order valence-corrected chi connectivity index (χ2v) is 5.75. The Morgan fingerprint density at radius 2 is 2.10 bits per heavy atom. The Hall–Kier alpha value is -1.91. The zero-order chi connectivity index (χ0) is 15.4. The average Bonchev–Trinajstić information content (AvgIpc) is 2.44. The van der Waals surface area contributed by atoms with Crippen LogP contribution in [0.2, 0.25) is 0 Å². The Bertz CT molecular complexity index is 516. The maximum atomic E-state index is 12.8. The largest absolute Gasteiger partial charge is 0.353 e. The number of carbonyl (C=O) groups is 2. The van der Waals surface area contributed by atoms with Gasteiger partial charge < -0.3 is 10.2 Å². The Morgan fingerprint density at radius 3 is 2.71 bits per heavy atom. The highest BCUT2D eigenvalue weighted by Gasteiger charge is 2.29. The van der Waals surface area contributed by atoms with E-state index >= 15 is 0 Å². The minimum atomic E-state index is -0.264. The van der Waals surface area contributed by atoms with E-state index in [1.165, 1.54) is 12.1 Å². The van der Waals surface area contributed by atoms with E-state index < -0.39 is 0 Å². The van der Waals surface area contributed by atoms with E-state index in [1.54, 1.807) is 24.1 Å². The predicted molar refractivity (Wildman–Crippen MR) is 78.1 cm³/mol. The van der Waals surface area contributed by atoms with Crippen LogP contribution in [0.4, 0.5) is 4.39 Å². The molecule has 1 heterocycles. The van der Waals surface area contributed by atoms with Crippen LogP contribution in [-0.2, 0) is 16.0 Å². The van der Waals surface area contributed by atoms with E-state index in [0.717, 1.165) is 5.56 Å². The number of benzene rings is 1. The van der Waals surface area contributed by atoms with Crippen molar-refractivity contribution in [3.05, 3.63) is 35.6 Å². The molecule has 2 atom stereocenters. The van der Waals surface area contributed by atoms with Gasteiger partial charge in [0.15, 0.2) is 0 Å². The molecule has 1 aliphatic heterocycles. The molecule has 2 amide bonds. The molecule has 0 unspecified atom stereocenters. The van der Waals surface area contributed by atoms with E-state index in [4.69, 9.17) is 0 Å². The fourth-order valence-electron chi connectivity index (χ4n) is 2.55. The van der Waals surface area contributed by atoms with Crippen LogP contribution in [0, 0.1) is 11.7 Å². The summed E-state index contributed by atoms with van der Waals surface area (Å²) in [5.41, 5.74) is 0.976. The maximum Gasteiger partial charge on any atom is 0.223 e. The predicted octanol–water partition coefficient (Wildman–Crippen LogP) is 1.74. The molecule has 1 fully saturated rings. The minimum Gasteiger partial charge on any atom is -0.353 e. The summed E-state index contributed by atoms with van der Waals surface area (Å²) in [6.07, 6.45) is 1.63. The third-order valence-corrected chi connectivity index (χ3v) is 3.87. The van der Waals surface area contributed by atoms with Crippen molar-refractivity contribution in [1.82, 2.24) is 10.2 Å². The number of nitrogens with one attached hydrogen (secondary N) is 1. The molecule has 114 valence electrons. The molecule has 4 nitrogen and oxygen atoms in total. The SMILES string of the molecule is C[C@@H](Cc1ccc(F)cc1)NC(=O)[C@H]1CCN(C)C(=O)C1. The van der Waals surface area contributed by atoms with Crippen LogP contribution < -0.4 is 5.32 Å². The van der Waals surface area contributed by atoms with E-state index in [1.807, 2.05) is 6.92 Å². The molecule has 0 spiro atoms. The van der Waals surface area contributed by atoms with Gasteiger partial charge in [0.2, 0.25) is 11.8 Å². The van der Waals surface area contributed by atoms with Crippen LogP contribution in [0.1, 0.15) is 25.3 Å². The van der Waals surface area contributed by atoms with E-state index in [0.29, 0.717) is 19.4 Å². The fourth-order valence-corrected chi connectivity index (χ4v) is 2.55. The number of halogens is 1. The molecular weight excluding hydrogens is 271 g/mol. The molecule has 21 heavy (non-hydrogen) atoms. The highest BCUT2D eigenvalue weighted by Crippen LogP contribution is 2.17. The summed E-state index contributed by atoms with van der Waals surface area (Å²) in [6, 6.07) is 6.23. The van der Waals surface area contributed by atoms with Gasteiger partial charge in [0.05, 0.1) is 0 Å². The van der Waals surface area contributed by atoms with Gasteiger partial charge in [-0.3, -0.25) is 9.59 Å². The second kappa shape index (κ2) is 6.70. The quantitative estimate of drug-likeness (QED) is 0.919. The van der Waals surface area contributed by atoms with Crippen LogP contribution in [0.25, 0.3) is 0 Å². The van der Waals surface area contributed by atoms with E-state index in [9.17, 15) is 14.0 Å². The molecule has 0 radical (unpaired) electrons. The van der Waals surface area contributed by atoms with Crippen molar-refractivity contribution in [3.63, 3.8) is 0 Å². The molecule has 0 aliphatic carbocycles. The summed E-state index contributed by atoms with van der Waals surface area (Å²) in [6.45, 7) is 2.54. The zero-order valence-electron chi connectivity index (χ0n) is 12.4. The van der Waals surface area contributed by atoms with Crippen molar-refractivity contribution in [3.8, 4) is 0 Å². The molecule has 1 aliphatic rings. The first-order valence-corrected chi connectivity index (χ1v) is 7.24. The lowest BCUT2D eigenvalue weighted by molar-refractivity contribution is -0.139. The summed E-state index contributed by atoms with van der Waals surface area (Å²) >= 11 is 0. The number of piperidine rings is 1. The van der Waals surface area contributed by atoms with Crippen LogP contribution >= 0.6 is 0 Å². The molecule has 0 bridgehead atoms. The van der Waals surface area contributed by atoms with Crippen molar-refractivity contribution in [2.75, 3.05) is 13.6 Å². The smallest absolute Gasteiger partial charge is 0.223 e. The molecule has 1 aromatic rings. The highest BCUT2D eigenvalue weighted by molar-refractivity contribution is 5.86. The first kappa shape index (κ1) is 15.5. The molecule has 1 N–H and O–H groups in total. The number of rotatable bonds is 4. The molecular formula is C16H21FN2O2. The summed E-state index contributed by atoms with van der Waals surface area (Å²) in [4.78, 5) is 25.4. The van der Waals surface area contributed by atoms with Crippen LogP contribution in [0.5, 0.6) is 0 Å². The van der Waals surface area contributed by atoms with Crippen LogP contribution in [0.15, 0.2) is 24.3 Å². The van der Waals surface area contributed by atoms with Crippen molar-refractivity contribution in [2.24, 2.45) is 5.92 Å². The molecule has 0 aromatic heterocycles. The highest BCUT2D eigenvalue weighted by atomic mass is 19.1. The summed E-state index contributed by atoms with van der Waals surface area (Å²) in [5, 5.41) is 2.94. The Labute approximate surface area is 124 Å². The van der Waals surface area contributed by atoms with Crippen molar-refractivity contribution >= 4 is 11.8 Å². The Kier molecular flexibility index (Phi) is 4.94. The number of nitrogens with zero attached hydrogens (tertiary/aromatic N) is 1. The molecule has 5 heteroatoms. The number of likely N-dealkylation sites (tertiary alicyclic amines) is 1. The topological polar surface area (TPSA) is 49.4 Å². The van der Waals surface area contributed by atoms with E-state index in [-0.39, 0.29) is 36.0 Å². The summed E-state index contributed by atoms with van der Waals surface area (Å²) < 4.78 is 12.8. The first-order chi connectivity index (χ1) is 9.95. The van der Waals surface area contributed by atoms with Crippen molar-refractivity contribution in [2.45, 2.75) is 32.2 Å². The normalized spacial score (nSPS) is 20.2. The van der Waals surface area contributed by atoms with Gasteiger partial charge in [0, 0.05) is 32.0 Å². The summed E-state index contributed by atoms with van der Waals surface area (Å²) in [5.74, 6) is -0.539. The Balaban J connectivity index is 1.84. The average molecular weight is 292 g/mol. The number of hydrogen-bond donors (Lipinski definition) is 1. The number of carbonyl (C=O) groups excluding carboxylic acids is 2. The van der Waals surface area contributed by atoms with Gasteiger partial charge in [-0.25, -0.2) is 4.39 Å². The van der Waals surface area contributed by atoms with Crippen LogP contribution in [-0.4, -0.2) is 36.3 Å². The van der Waals surface area contributed by atoms with Gasteiger partial charge in [0.25, 0.3) is 0 Å². The molecule has 2 rings (SSSR count). The van der Waals surface area contributed by atoms with E-state index in [2.05, 4.69) is 5.32 Å². The lowest BCUT2D eigenvalue weighted by Gasteiger charge is -2.28. The zero-order valence-corrected chi connectivity index (χ0v) is 12.4. The van der Waals surface area contributed by atoms with Crippen LogP contribution in [0.3, 0.4) is 0 Å². The van der Waals surface area contributed by atoms with Crippen molar-refractivity contribution < 1.29 is 14.0 Å². The number of amides is 2. The lowest BCUT2D eigenvalue weighted by atomic mass is 9.95. The van der Waals surface area contributed by atoms with Gasteiger partial charge in [-0.15, -0.1) is 0 Å². The summed E-state index contributed by atoms with van der Waals surface area (Å²) in [7, 11) is 1.76. The van der Waals surface area contributed by atoms with Gasteiger partial charge in [0.1, 0.15) is 5.82 Å². The fraction of sp³-hybridized carbons (Fsp3) is 0.500. The minimum absolute atomic E-state index is 0.0209. The number of hydrogen-bond acceptors (Lipinski definition) is 2. The lowest BCUT2D eigenvalue weighted by Crippen LogP contribution is -2.44. The molecule has 1 saturated heterocycles. The molecule has 0 saturated carbocycles. The van der Waals surface area contributed by atoms with Crippen molar-refractivity contribution in [1.29, 1.82) is 0 Å². The second-order valence-electron chi connectivity index (χ2n) is 5.75. The first-order valence-electron chi connectivity index (χ1n) is 7.24. The molecule has 1 aromatic carbocycles. The van der Waals surface area contributed by atoms with Gasteiger partial charge in [-0.2, -0.15) is 0 Å². The third-order valence-electron chi connectivity index (χ3n) is 3.87. The van der Waals surface area contributed by atoms with Gasteiger partial charge in [-0.05, 0) is 37.5 Å².